The first kappa shape index (κ1) is 10.6. The van der Waals surface area contributed by atoms with Crippen molar-refractivity contribution in [3.63, 3.8) is 0 Å². The van der Waals surface area contributed by atoms with E-state index in [-0.39, 0.29) is 0 Å². The van der Waals surface area contributed by atoms with E-state index in [9.17, 15) is 0 Å². The highest BCUT2D eigenvalue weighted by atomic mass is 16.6. The Morgan fingerprint density at radius 1 is 1.38 bits per heavy atom. The van der Waals surface area contributed by atoms with Crippen molar-refractivity contribution in [3.05, 3.63) is 17.7 Å². The molecule has 0 atom stereocenters. The zero-order valence-corrected chi connectivity index (χ0v) is 9.16. The molecule has 1 heterocycles. The summed E-state index contributed by atoms with van der Waals surface area (Å²) in [7, 11) is 1.60. The number of fused-ring (bicyclic) bond motifs is 1. The molecule has 1 aliphatic rings. The first-order chi connectivity index (χ1) is 7.85. The van der Waals surface area contributed by atoms with Crippen LogP contribution in [0.5, 0.6) is 17.2 Å². The Labute approximate surface area is 94.3 Å². The Hall–Kier alpha value is -1.89. The monoisotopic (exact) mass is 219 g/mol. The summed E-state index contributed by atoms with van der Waals surface area (Å²) in [6.07, 6.45) is 1.19. The molecule has 0 fully saturated rings. The Morgan fingerprint density at radius 3 is 2.94 bits per heavy atom. The molecule has 4 heteroatoms. The molecule has 0 spiro atoms. The van der Waals surface area contributed by atoms with E-state index in [1.54, 1.807) is 7.11 Å². The molecular weight excluding hydrogens is 206 g/mol. The molecule has 0 aromatic heterocycles. The van der Waals surface area contributed by atoms with E-state index in [0.717, 1.165) is 5.56 Å². The SMILES string of the molecule is COc1cc(CCC#N)cc2c1OCCO2. The molecule has 0 aliphatic carbocycles. The minimum atomic E-state index is 0.489. The summed E-state index contributed by atoms with van der Waals surface area (Å²) in [6.45, 7) is 1.10. The lowest BCUT2D eigenvalue weighted by Gasteiger charge is -2.21. The van der Waals surface area contributed by atoms with E-state index in [4.69, 9.17) is 19.5 Å². The van der Waals surface area contributed by atoms with E-state index < -0.39 is 0 Å². The zero-order chi connectivity index (χ0) is 11.4. The van der Waals surface area contributed by atoms with Crippen molar-refractivity contribution in [3.8, 4) is 23.3 Å². The second-order valence-corrected chi connectivity index (χ2v) is 3.48. The molecule has 0 saturated heterocycles. The molecule has 1 aromatic rings. The second kappa shape index (κ2) is 4.75. The summed E-state index contributed by atoms with van der Waals surface area (Å²) < 4.78 is 16.2. The molecule has 0 radical (unpaired) electrons. The number of nitrogens with zero attached hydrogens (tertiary/aromatic N) is 1. The fourth-order valence-corrected chi connectivity index (χ4v) is 1.67. The number of nitriles is 1. The molecule has 2 rings (SSSR count). The fourth-order valence-electron chi connectivity index (χ4n) is 1.67. The Morgan fingerprint density at radius 2 is 2.19 bits per heavy atom. The molecule has 4 nitrogen and oxygen atoms in total. The number of rotatable bonds is 3. The molecule has 0 unspecified atom stereocenters. The number of hydrogen-bond acceptors (Lipinski definition) is 4. The first-order valence-electron chi connectivity index (χ1n) is 5.18. The molecule has 84 valence electrons. The van der Waals surface area contributed by atoms with Crippen molar-refractivity contribution in [2.45, 2.75) is 12.8 Å². The average molecular weight is 219 g/mol. The number of benzene rings is 1. The van der Waals surface area contributed by atoms with Crippen molar-refractivity contribution >= 4 is 0 Å². The maximum absolute atomic E-state index is 8.56. The third-order valence-corrected chi connectivity index (χ3v) is 2.41. The zero-order valence-electron chi connectivity index (χ0n) is 9.16. The third-order valence-electron chi connectivity index (χ3n) is 2.41. The van der Waals surface area contributed by atoms with Crippen LogP contribution in [0, 0.1) is 11.3 Å². The Bertz CT molecular complexity index is 406. The predicted octanol–water partition coefficient (Wildman–Crippen LogP) is 1.92. The van der Waals surface area contributed by atoms with Gasteiger partial charge in [-0.1, -0.05) is 0 Å². The van der Waals surface area contributed by atoms with E-state index in [1.807, 2.05) is 12.1 Å². The normalized spacial score (nSPS) is 13.0. The second-order valence-electron chi connectivity index (χ2n) is 3.48. The fraction of sp³-hybridized carbons (Fsp3) is 0.417. The molecule has 0 amide bonds. The van der Waals surface area contributed by atoms with Gasteiger partial charge in [-0.3, -0.25) is 0 Å². The summed E-state index contributed by atoms with van der Waals surface area (Å²) in [5.41, 5.74) is 1.03. The van der Waals surface area contributed by atoms with Crippen molar-refractivity contribution in [2.75, 3.05) is 20.3 Å². The lowest BCUT2D eigenvalue weighted by Crippen LogP contribution is -2.16. The van der Waals surface area contributed by atoms with Crippen LogP contribution >= 0.6 is 0 Å². The van der Waals surface area contributed by atoms with Crippen LogP contribution in [-0.2, 0) is 6.42 Å². The Balaban J connectivity index is 2.32. The van der Waals surface area contributed by atoms with Gasteiger partial charge in [0.25, 0.3) is 0 Å². The summed E-state index contributed by atoms with van der Waals surface area (Å²) in [5, 5.41) is 8.56. The van der Waals surface area contributed by atoms with E-state index in [2.05, 4.69) is 6.07 Å². The van der Waals surface area contributed by atoms with Gasteiger partial charge in [0.1, 0.15) is 13.2 Å². The van der Waals surface area contributed by atoms with Crippen LogP contribution in [0.4, 0.5) is 0 Å². The first-order valence-corrected chi connectivity index (χ1v) is 5.18. The van der Waals surface area contributed by atoms with Crippen molar-refractivity contribution < 1.29 is 14.2 Å². The maximum atomic E-state index is 8.56. The van der Waals surface area contributed by atoms with E-state index in [0.29, 0.717) is 43.3 Å². The number of aryl methyl sites for hydroxylation is 1. The van der Waals surface area contributed by atoms with E-state index >= 15 is 0 Å². The van der Waals surface area contributed by atoms with Crippen molar-refractivity contribution in [1.82, 2.24) is 0 Å². The predicted molar refractivity (Wildman–Crippen MR) is 57.9 cm³/mol. The molecule has 1 aliphatic heterocycles. The Kier molecular flexibility index (Phi) is 3.16. The number of methoxy groups -OCH3 is 1. The van der Waals surface area contributed by atoms with Crippen LogP contribution in [-0.4, -0.2) is 20.3 Å². The highest BCUT2D eigenvalue weighted by Gasteiger charge is 2.18. The van der Waals surface area contributed by atoms with Gasteiger partial charge in [0.05, 0.1) is 13.2 Å². The number of hydrogen-bond donors (Lipinski definition) is 0. The van der Waals surface area contributed by atoms with Gasteiger partial charge in [0.15, 0.2) is 11.5 Å². The van der Waals surface area contributed by atoms with Gasteiger partial charge in [-0.05, 0) is 24.1 Å². The van der Waals surface area contributed by atoms with Gasteiger partial charge in [-0.25, -0.2) is 0 Å². The van der Waals surface area contributed by atoms with Gasteiger partial charge >= 0.3 is 0 Å². The van der Waals surface area contributed by atoms with Crippen LogP contribution in [0.1, 0.15) is 12.0 Å². The van der Waals surface area contributed by atoms with Gasteiger partial charge in [0, 0.05) is 6.42 Å². The minimum Gasteiger partial charge on any atom is -0.493 e. The van der Waals surface area contributed by atoms with Gasteiger partial charge in [0.2, 0.25) is 5.75 Å². The highest BCUT2D eigenvalue weighted by molar-refractivity contribution is 5.54. The van der Waals surface area contributed by atoms with Gasteiger partial charge in [-0.15, -0.1) is 0 Å². The standard InChI is InChI=1S/C12H13NO3/c1-14-10-7-9(3-2-4-13)8-11-12(10)16-6-5-15-11/h7-8H,2-3,5-6H2,1H3. The molecule has 1 aromatic carbocycles. The van der Waals surface area contributed by atoms with Crippen LogP contribution in [0.2, 0.25) is 0 Å². The van der Waals surface area contributed by atoms with Crippen LogP contribution in [0.15, 0.2) is 12.1 Å². The average Bonchev–Trinajstić information content (AvgIpc) is 2.35. The minimum absolute atomic E-state index is 0.489. The van der Waals surface area contributed by atoms with Crippen LogP contribution < -0.4 is 14.2 Å². The quantitative estimate of drug-likeness (QED) is 0.779. The largest absolute Gasteiger partial charge is 0.493 e. The molecule has 0 saturated carbocycles. The lowest BCUT2D eigenvalue weighted by atomic mass is 10.1. The summed E-state index contributed by atoms with van der Waals surface area (Å²) in [5.74, 6) is 2.04. The van der Waals surface area contributed by atoms with Crippen molar-refractivity contribution in [2.24, 2.45) is 0 Å². The smallest absolute Gasteiger partial charge is 0.203 e. The topological polar surface area (TPSA) is 51.5 Å². The summed E-state index contributed by atoms with van der Waals surface area (Å²) in [4.78, 5) is 0. The maximum Gasteiger partial charge on any atom is 0.203 e. The van der Waals surface area contributed by atoms with Crippen molar-refractivity contribution in [1.29, 1.82) is 5.26 Å². The van der Waals surface area contributed by atoms with E-state index in [1.165, 1.54) is 0 Å². The van der Waals surface area contributed by atoms with Crippen LogP contribution in [0.25, 0.3) is 0 Å². The molecular formula is C12H13NO3. The summed E-state index contributed by atoms with van der Waals surface area (Å²) >= 11 is 0. The van der Waals surface area contributed by atoms with Gasteiger partial charge in [-0.2, -0.15) is 5.26 Å². The third kappa shape index (κ3) is 2.03. The number of ether oxygens (including phenoxy) is 3. The molecule has 0 bridgehead atoms. The van der Waals surface area contributed by atoms with Crippen LogP contribution in [0.3, 0.4) is 0 Å². The molecule has 16 heavy (non-hydrogen) atoms. The highest BCUT2D eigenvalue weighted by Crippen LogP contribution is 2.40. The summed E-state index contributed by atoms with van der Waals surface area (Å²) in [6, 6.07) is 5.93. The lowest BCUT2D eigenvalue weighted by molar-refractivity contribution is 0.165. The molecule has 0 N–H and O–H groups in total. The van der Waals surface area contributed by atoms with Gasteiger partial charge < -0.3 is 14.2 Å².